The summed E-state index contributed by atoms with van der Waals surface area (Å²) in [5.74, 6) is 0.285. The van der Waals surface area contributed by atoms with Crippen LogP contribution in [0, 0.1) is 18.3 Å². The highest BCUT2D eigenvalue weighted by atomic mass is 32.2. The van der Waals surface area contributed by atoms with Crippen molar-refractivity contribution in [3.63, 3.8) is 0 Å². The Bertz CT molecular complexity index is 892. The third-order valence-corrected chi connectivity index (χ3v) is 5.32. The minimum atomic E-state index is -0.839. The van der Waals surface area contributed by atoms with Gasteiger partial charge in [0.25, 0.3) is 0 Å². The second-order valence-electron chi connectivity index (χ2n) is 4.99. The zero-order valence-electron chi connectivity index (χ0n) is 13.0. The Labute approximate surface area is 146 Å². The van der Waals surface area contributed by atoms with Crippen molar-refractivity contribution in [2.75, 3.05) is 5.75 Å². The van der Waals surface area contributed by atoms with Gasteiger partial charge in [0.1, 0.15) is 5.01 Å². The van der Waals surface area contributed by atoms with Gasteiger partial charge in [-0.15, -0.1) is 21.5 Å². The van der Waals surface area contributed by atoms with Gasteiger partial charge >= 0.3 is 0 Å². The molecule has 0 amide bonds. The molecular formula is C15H13N5O2S2. The number of nitrogens with zero attached hydrogens (tertiary/aromatic N) is 5. The van der Waals surface area contributed by atoms with Crippen molar-refractivity contribution >= 4 is 28.9 Å². The van der Waals surface area contributed by atoms with E-state index in [1.54, 1.807) is 30.0 Å². The minimum absolute atomic E-state index is 0.126. The Morgan fingerprint density at radius 1 is 1.54 bits per heavy atom. The first kappa shape index (κ1) is 16.4. The quantitative estimate of drug-likeness (QED) is 0.624. The van der Waals surface area contributed by atoms with Gasteiger partial charge in [-0.3, -0.25) is 4.79 Å². The summed E-state index contributed by atoms with van der Waals surface area (Å²) < 4.78 is 7.06. The molecule has 0 aliphatic rings. The van der Waals surface area contributed by atoms with Gasteiger partial charge in [0.05, 0.1) is 18.1 Å². The first-order chi connectivity index (χ1) is 11.6. The van der Waals surface area contributed by atoms with E-state index in [9.17, 15) is 10.1 Å². The summed E-state index contributed by atoms with van der Waals surface area (Å²) >= 11 is 2.57. The number of carbonyl (C=O) groups is 1. The van der Waals surface area contributed by atoms with Gasteiger partial charge in [0.15, 0.2) is 28.4 Å². The molecule has 0 saturated carbocycles. The molecule has 0 bridgehead atoms. The van der Waals surface area contributed by atoms with Gasteiger partial charge in [0.2, 0.25) is 0 Å². The van der Waals surface area contributed by atoms with E-state index in [0.29, 0.717) is 21.7 Å². The maximum absolute atomic E-state index is 12.4. The minimum Gasteiger partial charge on any atom is -0.461 e. The highest BCUT2D eigenvalue weighted by Gasteiger charge is 2.24. The summed E-state index contributed by atoms with van der Waals surface area (Å²) in [6.07, 6.45) is 1.56. The molecular weight excluding hydrogens is 346 g/mol. The van der Waals surface area contributed by atoms with Crippen LogP contribution in [0.4, 0.5) is 0 Å². The smallest absolute Gasteiger partial charge is 0.200 e. The maximum Gasteiger partial charge on any atom is 0.200 e. The standard InChI is InChI=1S/C15H13N5O2S2/c1-9-7-23-14(17-9)10(6-16)11(21)8-24-15-19-18-13(20(15)2)12-4-3-5-22-12/h3-5,7,10H,8H2,1-2H3/t10-/m1/s1. The molecule has 0 unspecified atom stereocenters. The molecule has 122 valence electrons. The number of aryl methyl sites for hydroxylation is 1. The number of Topliss-reactive ketones (excluding diaryl/α,β-unsaturated/α-hetero) is 1. The Hall–Kier alpha value is -2.44. The molecule has 0 N–H and O–H groups in total. The van der Waals surface area contributed by atoms with Gasteiger partial charge in [-0.1, -0.05) is 11.8 Å². The zero-order valence-corrected chi connectivity index (χ0v) is 14.6. The summed E-state index contributed by atoms with van der Waals surface area (Å²) in [5.41, 5.74) is 0.812. The van der Waals surface area contributed by atoms with Crippen molar-refractivity contribution in [1.29, 1.82) is 5.26 Å². The molecule has 0 aliphatic heterocycles. The van der Waals surface area contributed by atoms with E-state index in [-0.39, 0.29) is 11.5 Å². The molecule has 0 saturated heterocycles. The number of ketones is 1. The van der Waals surface area contributed by atoms with Gasteiger partial charge in [-0.25, -0.2) is 4.98 Å². The van der Waals surface area contributed by atoms with Crippen LogP contribution in [0.25, 0.3) is 11.6 Å². The van der Waals surface area contributed by atoms with Crippen LogP contribution in [0.15, 0.2) is 33.3 Å². The molecule has 0 radical (unpaired) electrons. The number of rotatable bonds is 6. The third-order valence-electron chi connectivity index (χ3n) is 3.25. The Morgan fingerprint density at radius 3 is 3.00 bits per heavy atom. The summed E-state index contributed by atoms with van der Waals surface area (Å²) in [7, 11) is 1.80. The molecule has 3 rings (SSSR count). The predicted molar refractivity (Wildman–Crippen MR) is 89.6 cm³/mol. The molecule has 24 heavy (non-hydrogen) atoms. The lowest BCUT2D eigenvalue weighted by atomic mass is 10.1. The van der Waals surface area contributed by atoms with Crippen molar-refractivity contribution in [2.45, 2.75) is 18.0 Å². The van der Waals surface area contributed by atoms with E-state index in [2.05, 4.69) is 15.2 Å². The molecule has 0 spiro atoms. The first-order valence-corrected chi connectivity index (χ1v) is 8.87. The zero-order chi connectivity index (χ0) is 17.1. The molecule has 0 fully saturated rings. The third kappa shape index (κ3) is 3.25. The van der Waals surface area contributed by atoms with Gasteiger partial charge < -0.3 is 8.98 Å². The average molecular weight is 359 g/mol. The summed E-state index contributed by atoms with van der Waals surface area (Å²) in [5, 5.41) is 20.4. The van der Waals surface area contributed by atoms with Crippen molar-refractivity contribution < 1.29 is 9.21 Å². The number of aromatic nitrogens is 4. The van der Waals surface area contributed by atoms with Crippen molar-refractivity contribution in [3.05, 3.63) is 34.5 Å². The fourth-order valence-electron chi connectivity index (χ4n) is 2.05. The highest BCUT2D eigenvalue weighted by molar-refractivity contribution is 7.99. The van der Waals surface area contributed by atoms with Crippen LogP contribution in [0.2, 0.25) is 0 Å². The molecule has 3 aromatic rings. The topological polar surface area (TPSA) is 97.6 Å². The van der Waals surface area contributed by atoms with Crippen LogP contribution in [0.1, 0.15) is 16.6 Å². The monoisotopic (exact) mass is 359 g/mol. The molecule has 3 heterocycles. The van der Waals surface area contributed by atoms with E-state index < -0.39 is 5.92 Å². The van der Waals surface area contributed by atoms with Crippen molar-refractivity contribution in [2.24, 2.45) is 7.05 Å². The van der Waals surface area contributed by atoms with Crippen LogP contribution < -0.4 is 0 Å². The van der Waals surface area contributed by atoms with Crippen LogP contribution in [-0.4, -0.2) is 31.3 Å². The van der Waals surface area contributed by atoms with Crippen molar-refractivity contribution in [3.8, 4) is 17.7 Å². The number of thioether (sulfide) groups is 1. The lowest BCUT2D eigenvalue weighted by molar-refractivity contribution is -0.116. The maximum atomic E-state index is 12.4. The highest BCUT2D eigenvalue weighted by Crippen LogP contribution is 2.26. The number of hydrogen-bond donors (Lipinski definition) is 0. The van der Waals surface area contributed by atoms with E-state index in [1.165, 1.54) is 23.1 Å². The predicted octanol–water partition coefficient (Wildman–Crippen LogP) is 2.81. The normalized spacial score (nSPS) is 12.0. The van der Waals surface area contributed by atoms with Crippen LogP contribution in [-0.2, 0) is 11.8 Å². The lowest BCUT2D eigenvalue weighted by Crippen LogP contribution is -2.13. The number of nitriles is 1. The summed E-state index contributed by atoms with van der Waals surface area (Å²) in [6, 6.07) is 5.60. The second-order valence-corrected chi connectivity index (χ2v) is 6.82. The Kier molecular flexibility index (Phi) is 4.78. The molecule has 3 aromatic heterocycles. The fraction of sp³-hybridized carbons (Fsp3) is 0.267. The molecule has 9 heteroatoms. The molecule has 7 nitrogen and oxygen atoms in total. The average Bonchev–Trinajstić information content (AvgIpc) is 3.28. The largest absolute Gasteiger partial charge is 0.461 e. The van der Waals surface area contributed by atoms with E-state index in [0.717, 1.165) is 5.69 Å². The second kappa shape index (κ2) is 6.98. The lowest BCUT2D eigenvalue weighted by Gasteiger charge is -2.05. The van der Waals surface area contributed by atoms with Gasteiger partial charge in [-0.2, -0.15) is 5.26 Å². The van der Waals surface area contributed by atoms with E-state index >= 15 is 0 Å². The Balaban J connectivity index is 1.69. The first-order valence-electron chi connectivity index (χ1n) is 7.00. The van der Waals surface area contributed by atoms with E-state index in [1.807, 2.05) is 18.4 Å². The number of hydrogen-bond acceptors (Lipinski definition) is 8. The van der Waals surface area contributed by atoms with Gasteiger partial charge in [-0.05, 0) is 19.1 Å². The summed E-state index contributed by atoms with van der Waals surface area (Å²) in [6.45, 7) is 1.84. The Morgan fingerprint density at radius 2 is 2.38 bits per heavy atom. The molecule has 0 aromatic carbocycles. The van der Waals surface area contributed by atoms with Crippen LogP contribution >= 0.6 is 23.1 Å². The van der Waals surface area contributed by atoms with E-state index in [4.69, 9.17) is 4.42 Å². The number of furan rings is 1. The molecule has 0 aliphatic carbocycles. The van der Waals surface area contributed by atoms with Gasteiger partial charge in [0, 0.05) is 18.1 Å². The van der Waals surface area contributed by atoms with Crippen LogP contribution in [0.5, 0.6) is 0 Å². The number of carbonyl (C=O) groups excluding carboxylic acids is 1. The van der Waals surface area contributed by atoms with Crippen molar-refractivity contribution in [1.82, 2.24) is 19.7 Å². The summed E-state index contributed by atoms with van der Waals surface area (Å²) in [4.78, 5) is 16.6. The SMILES string of the molecule is Cc1csc([C@H](C#N)C(=O)CSc2nnc(-c3ccco3)n2C)n1. The molecule has 1 atom stereocenters. The number of thiazole rings is 1. The van der Waals surface area contributed by atoms with Crippen LogP contribution in [0.3, 0.4) is 0 Å². The fourth-order valence-corrected chi connectivity index (χ4v) is 3.73.